The zero-order valence-corrected chi connectivity index (χ0v) is 12.5. The van der Waals surface area contributed by atoms with E-state index in [1.54, 1.807) is 0 Å². The second-order valence-corrected chi connectivity index (χ2v) is 6.07. The van der Waals surface area contributed by atoms with E-state index in [4.69, 9.17) is 5.73 Å². The molecule has 2 atom stereocenters. The smallest absolute Gasteiger partial charge is 0.236 e. The summed E-state index contributed by atoms with van der Waals surface area (Å²) in [5, 5.41) is 0. The second-order valence-electron chi connectivity index (χ2n) is 6.07. The predicted octanol–water partition coefficient (Wildman–Crippen LogP) is 1.45. The van der Waals surface area contributed by atoms with Crippen LogP contribution in [0.3, 0.4) is 0 Å². The van der Waals surface area contributed by atoms with Gasteiger partial charge in [-0.15, -0.1) is 0 Å². The summed E-state index contributed by atoms with van der Waals surface area (Å²) in [5.74, 6) is 1.10. The maximum Gasteiger partial charge on any atom is 0.236 e. The van der Waals surface area contributed by atoms with Crippen molar-refractivity contribution in [3.63, 3.8) is 0 Å². The molecule has 0 spiro atoms. The average Bonchev–Trinajstić information content (AvgIpc) is 3.24. The van der Waals surface area contributed by atoms with Gasteiger partial charge in [0.05, 0.1) is 6.54 Å². The fourth-order valence-corrected chi connectivity index (χ4v) is 3.30. The van der Waals surface area contributed by atoms with Gasteiger partial charge < -0.3 is 10.6 Å². The zero-order chi connectivity index (χ0) is 13.8. The maximum atomic E-state index is 12.4. The van der Waals surface area contributed by atoms with E-state index in [0.29, 0.717) is 31.1 Å². The van der Waals surface area contributed by atoms with Crippen LogP contribution in [-0.2, 0) is 4.79 Å². The first kappa shape index (κ1) is 14.8. The molecule has 2 aliphatic rings. The Kier molecular flexibility index (Phi) is 5.22. The molecule has 110 valence electrons. The molecule has 1 amide bonds. The maximum absolute atomic E-state index is 12.4. The van der Waals surface area contributed by atoms with Crippen molar-refractivity contribution in [2.75, 3.05) is 26.2 Å². The van der Waals surface area contributed by atoms with E-state index < -0.39 is 0 Å². The molecule has 0 aromatic heterocycles. The number of likely N-dealkylation sites (tertiary alicyclic amines) is 1. The van der Waals surface area contributed by atoms with Crippen molar-refractivity contribution in [2.45, 2.75) is 58.0 Å². The fraction of sp³-hybridized carbons (Fsp3) is 0.933. The highest BCUT2D eigenvalue weighted by Gasteiger charge is 2.34. The van der Waals surface area contributed by atoms with Crippen LogP contribution in [0.2, 0.25) is 0 Å². The number of hydrogen-bond donors (Lipinski definition) is 1. The first-order valence-electron chi connectivity index (χ1n) is 7.93. The number of hydrogen-bond acceptors (Lipinski definition) is 3. The molecule has 4 heteroatoms. The minimum atomic E-state index is 0.304. The van der Waals surface area contributed by atoms with Gasteiger partial charge in [0, 0.05) is 25.2 Å². The van der Waals surface area contributed by atoms with Gasteiger partial charge in [0.15, 0.2) is 0 Å². The molecular formula is C15H29N3O. The summed E-state index contributed by atoms with van der Waals surface area (Å²) in [6.07, 6.45) is 6.00. The summed E-state index contributed by atoms with van der Waals surface area (Å²) in [4.78, 5) is 16.8. The minimum absolute atomic E-state index is 0.304. The van der Waals surface area contributed by atoms with Crippen LogP contribution < -0.4 is 5.73 Å². The van der Waals surface area contributed by atoms with E-state index in [2.05, 4.69) is 23.6 Å². The van der Waals surface area contributed by atoms with E-state index in [1.165, 1.54) is 25.7 Å². The molecule has 1 saturated carbocycles. The standard InChI is InChI=1S/C15H29N3O/c1-3-12-7-8-17(14(9-12)10-16)11-15(19)18(4-2)13-5-6-13/h12-14H,3-11,16H2,1-2H3. The number of nitrogens with zero attached hydrogens (tertiary/aromatic N) is 2. The fourth-order valence-electron chi connectivity index (χ4n) is 3.30. The molecule has 0 radical (unpaired) electrons. The Balaban J connectivity index is 1.88. The molecule has 0 aromatic rings. The third-order valence-corrected chi connectivity index (χ3v) is 4.78. The lowest BCUT2D eigenvalue weighted by atomic mass is 9.89. The minimum Gasteiger partial charge on any atom is -0.339 e. The van der Waals surface area contributed by atoms with Gasteiger partial charge in [-0.3, -0.25) is 9.69 Å². The molecule has 1 aliphatic carbocycles. The number of nitrogens with two attached hydrogens (primary N) is 1. The Morgan fingerprint density at radius 3 is 2.58 bits per heavy atom. The zero-order valence-electron chi connectivity index (χ0n) is 12.5. The number of carbonyl (C=O) groups excluding carboxylic acids is 1. The largest absolute Gasteiger partial charge is 0.339 e. The Morgan fingerprint density at radius 1 is 1.32 bits per heavy atom. The van der Waals surface area contributed by atoms with Gasteiger partial charge in [0.1, 0.15) is 0 Å². The molecule has 1 heterocycles. The van der Waals surface area contributed by atoms with Crippen LogP contribution >= 0.6 is 0 Å². The normalized spacial score (nSPS) is 28.4. The van der Waals surface area contributed by atoms with Gasteiger partial charge in [-0.2, -0.15) is 0 Å². The van der Waals surface area contributed by atoms with E-state index in [-0.39, 0.29) is 0 Å². The van der Waals surface area contributed by atoms with Crippen LogP contribution in [0.15, 0.2) is 0 Å². The molecule has 2 fully saturated rings. The van der Waals surface area contributed by atoms with Crippen LogP contribution in [-0.4, -0.2) is 54.0 Å². The SMILES string of the molecule is CCC1CCN(CC(=O)N(CC)C2CC2)C(CN)C1. The monoisotopic (exact) mass is 267 g/mol. The third-order valence-electron chi connectivity index (χ3n) is 4.78. The van der Waals surface area contributed by atoms with Crippen LogP contribution in [0.1, 0.15) is 46.0 Å². The van der Waals surface area contributed by atoms with Crippen LogP contribution in [0.5, 0.6) is 0 Å². The third kappa shape index (κ3) is 3.69. The highest BCUT2D eigenvalue weighted by molar-refractivity contribution is 5.79. The Bertz CT molecular complexity index is 304. The Hall–Kier alpha value is -0.610. The van der Waals surface area contributed by atoms with Crippen molar-refractivity contribution in [3.05, 3.63) is 0 Å². The van der Waals surface area contributed by atoms with Crippen LogP contribution in [0.25, 0.3) is 0 Å². The quantitative estimate of drug-likeness (QED) is 0.792. The first-order valence-corrected chi connectivity index (χ1v) is 7.93. The number of amides is 1. The molecule has 1 saturated heterocycles. The molecule has 2 N–H and O–H groups in total. The highest BCUT2D eigenvalue weighted by Crippen LogP contribution is 2.28. The summed E-state index contributed by atoms with van der Waals surface area (Å²) in [6, 6.07) is 0.933. The average molecular weight is 267 g/mol. The van der Waals surface area contributed by atoms with Crippen LogP contribution in [0, 0.1) is 5.92 Å². The van der Waals surface area contributed by atoms with Crippen molar-refractivity contribution in [2.24, 2.45) is 11.7 Å². The predicted molar refractivity (Wildman–Crippen MR) is 77.8 cm³/mol. The van der Waals surface area contributed by atoms with E-state index in [1.807, 2.05) is 0 Å². The Labute approximate surface area is 117 Å². The topological polar surface area (TPSA) is 49.6 Å². The number of carbonyl (C=O) groups is 1. The number of piperidine rings is 1. The van der Waals surface area contributed by atoms with Gasteiger partial charge in [-0.05, 0) is 45.1 Å². The van der Waals surface area contributed by atoms with E-state index in [9.17, 15) is 4.79 Å². The van der Waals surface area contributed by atoms with Gasteiger partial charge in [0.2, 0.25) is 5.91 Å². The summed E-state index contributed by atoms with van der Waals surface area (Å²) in [5.41, 5.74) is 5.90. The van der Waals surface area contributed by atoms with Crippen molar-refractivity contribution in [1.29, 1.82) is 0 Å². The van der Waals surface area contributed by atoms with Crippen molar-refractivity contribution >= 4 is 5.91 Å². The summed E-state index contributed by atoms with van der Waals surface area (Å²) >= 11 is 0. The molecular weight excluding hydrogens is 238 g/mol. The highest BCUT2D eigenvalue weighted by atomic mass is 16.2. The molecule has 19 heavy (non-hydrogen) atoms. The second kappa shape index (κ2) is 6.71. The number of rotatable bonds is 6. The lowest BCUT2D eigenvalue weighted by molar-refractivity contribution is -0.133. The van der Waals surface area contributed by atoms with Gasteiger partial charge in [0.25, 0.3) is 0 Å². The van der Waals surface area contributed by atoms with Crippen molar-refractivity contribution in [3.8, 4) is 0 Å². The molecule has 2 rings (SSSR count). The van der Waals surface area contributed by atoms with Gasteiger partial charge >= 0.3 is 0 Å². The summed E-state index contributed by atoms with van der Waals surface area (Å²) < 4.78 is 0. The molecule has 2 unspecified atom stereocenters. The van der Waals surface area contributed by atoms with Gasteiger partial charge in [-0.1, -0.05) is 13.3 Å². The van der Waals surface area contributed by atoms with E-state index >= 15 is 0 Å². The van der Waals surface area contributed by atoms with Gasteiger partial charge in [-0.25, -0.2) is 0 Å². The van der Waals surface area contributed by atoms with Crippen LogP contribution in [0.4, 0.5) is 0 Å². The number of likely N-dealkylation sites (N-methyl/N-ethyl adjacent to an activating group) is 1. The summed E-state index contributed by atoms with van der Waals surface area (Å²) in [6.45, 7) is 7.48. The molecule has 0 aromatic carbocycles. The van der Waals surface area contributed by atoms with Crippen molar-refractivity contribution in [1.82, 2.24) is 9.80 Å². The summed E-state index contributed by atoms with van der Waals surface area (Å²) in [7, 11) is 0. The molecule has 0 bridgehead atoms. The molecule has 1 aliphatic heterocycles. The lowest BCUT2D eigenvalue weighted by Gasteiger charge is -2.39. The van der Waals surface area contributed by atoms with E-state index in [0.717, 1.165) is 25.4 Å². The lowest BCUT2D eigenvalue weighted by Crippen LogP contribution is -2.51. The Morgan fingerprint density at radius 2 is 2.05 bits per heavy atom. The molecule has 4 nitrogen and oxygen atoms in total. The van der Waals surface area contributed by atoms with Crippen molar-refractivity contribution < 1.29 is 4.79 Å². The first-order chi connectivity index (χ1) is 9.19.